The van der Waals surface area contributed by atoms with Crippen molar-refractivity contribution in [2.45, 2.75) is 52.0 Å². The van der Waals surface area contributed by atoms with E-state index in [0.29, 0.717) is 42.8 Å². The number of rotatable bonds is 9. The average Bonchev–Trinajstić information content (AvgIpc) is 2.89. The highest BCUT2D eigenvalue weighted by atomic mass is 16.6. The van der Waals surface area contributed by atoms with E-state index in [-0.39, 0.29) is 24.1 Å². The number of anilines is 1. The van der Waals surface area contributed by atoms with Gasteiger partial charge < -0.3 is 14.2 Å². The molecular formula is C26H28N4O6. The highest BCUT2D eigenvalue weighted by molar-refractivity contribution is 5.96. The van der Waals surface area contributed by atoms with Crippen LogP contribution in [0, 0.1) is 10.1 Å². The van der Waals surface area contributed by atoms with E-state index >= 15 is 0 Å². The normalized spacial score (nSPS) is 12.9. The maximum Gasteiger partial charge on any atom is 0.306 e. The van der Waals surface area contributed by atoms with Gasteiger partial charge in [-0.3, -0.25) is 24.5 Å². The zero-order valence-corrected chi connectivity index (χ0v) is 20.1. The Labute approximate surface area is 207 Å². The molecule has 0 saturated heterocycles. The van der Waals surface area contributed by atoms with Crippen molar-refractivity contribution in [2.75, 3.05) is 18.1 Å². The molecule has 2 heterocycles. The van der Waals surface area contributed by atoms with E-state index < -0.39 is 23.4 Å². The zero-order chi connectivity index (χ0) is 25.7. The first-order chi connectivity index (χ1) is 17.4. The van der Waals surface area contributed by atoms with Crippen molar-refractivity contribution >= 4 is 34.3 Å². The van der Waals surface area contributed by atoms with E-state index in [2.05, 4.69) is 11.9 Å². The number of fused-ring (bicyclic) bond motifs is 2. The van der Waals surface area contributed by atoms with Gasteiger partial charge in [-0.15, -0.1) is 0 Å². The number of esters is 1. The minimum absolute atomic E-state index is 0.0227. The highest BCUT2D eigenvalue weighted by Crippen LogP contribution is 2.30. The largest absolute Gasteiger partial charge is 0.456 e. The number of amides is 1. The van der Waals surface area contributed by atoms with E-state index in [1.54, 1.807) is 10.6 Å². The topological polar surface area (TPSA) is 125 Å². The molecule has 36 heavy (non-hydrogen) atoms. The van der Waals surface area contributed by atoms with Crippen LogP contribution in [0.3, 0.4) is 0 Å². The molecule has 0 radical (unpaired) electrons. The fraction of sp³-hybridized carbons (Fsp3) is 0.385. The minimum Gasteiger partial charge on any atom is -0.456 e. The molecule has 4 rings (SSSR count). The maximum atomic E-state index is 13.0. The number of nitrogens with zero attached hydrogens (tertiary/aromatic N) is 4. The Morgan fingerprint density at radius 3 is 2.78 bits per heavy atom. The van der Waals surface area contributed by atoms with Crippen LogP contribution >= 0.6 is 0 Å². The number of nitro benzene ring substituents is 1. The summed E-state index contributed by atoms with van der Waals surface area (Å²) in [7, 11) is 0. The number of carbonyl (C=O) groups excluding carboxylic acids is 2. The molecule has 0 saturated carbocycles. The van der Waals surface area contributed by atoms with E-state index in [9.17, 15) is 24.5 Å². The van der Waals surface area contributed by atoms with Gasteiger partial charge in [-0.2, -0.15) is 0 Å². The molecule has 0 aliphatic carbocycles. The number of para-hydroxylation sites is 2. The smallest absolute Gasteiger partial charge is 0.306 e. The molecule has 1 aliphatic heterocycles. The van der Waals surface area contributed by atoms with Crippen LogP contribution in [0.2, 0.25) is 0 Å². The van der Waals surface area contributed by atoms with Crippen LogP contribution in [-0.2, 0) is 33.7 Å². The van der Waals surface area contributed by atoms with Gasteiger partial charge in [0.1, 0.15) is 5.69 Å². The third-order valence-corrected chi connectivity index (χ3v) is 6.27. The fourth-order valence-electron chi connectivity index (χ4n) is 4.42. The molecule has 1 amide bonds. The van der Waals surface area contributed by atoms with Crippen LogP contribution in [0.15, 0.2) is 47.3 Å². The zero-order valence-electron chi connectivity index (χ0n) is 20.1. The van der Waals surface area contributed by atoms with Gasteiger partial charge in [0, 0.05) is 37.3 Å². The summed E-state index contributed by atoms with van der Waals surface area (Å²) in [6.07, 6.45) is 3.12. The molecule has 0 unspecified atom stereocenters. The summed E-state index contributed by atoms with van der Waals surface area (Å²) in [5.41, 5.74) is 2.82. The van der Waals surface area contributed by atoms with Crippen molar-refractivity contribution in [3.8, 4) is 0 Å². The number of aryl methyl sites for hydroxylation is 3. The molecule has 3 aromatic rings. The molecule has 1 aromatic heterocycles. The third kappa shape index (κ3) is 5.42. The van der Waals surface area contributed by atoms with E-state index in [4.69, 9.17) is 4.74 Å². The van der Waals surface area contributed by atoms with Gasteiger partial charge in [-0.1, -0.05) is 25.5 Å². The van der Waals surface area contributed by atoms with Gasteiger partial charge >= 0.3 is 5.97 Å². The van der Waals surface area contributed by atoms with E-state index in [1.165, 1.54) is 17.0 Å². The van der Waals surface area contributed by atoms with Crippen molar-refractivity contribution in [1.29, 1.82) is 0 Å². The maximum absolute atomic E-state index is 13.0. The highest BCUT2D eigenvalue weighted by Gasteiger charge is 2.25. The Balaban J connectivity index is 1.39. The van der Waals surface area contributed by atoms with E-state index in [1.807, 2.05) is 24.3 Å². The SMILES string of the molecule is CCCCn1c(=O)c(CCC(=O)OCC(=O)N2CCCc3cc([N+](=O)[O-])ccc32)nc2ccccc21. The van der Waals surface area contributed by atoms with Gasteiger partial charge in [0.25, 0.3) is 17.2 Å². The van der Waals surface area contributed by atoms with Crippen LogP contribution in [-0.4, -0.2) is 39.5 Å². The molecule has 0 spiro atoms. The Morgan fingerprint density at radius 2 is 2.00 bits per heavy atom. The van der Waals surface area contributed by atoms with Crippen LogP contribution in [0.5, 0.6) is 0 Å². The predicted octanol–water partition coefficient (Wildman–Crippen LogP) is 3.56. The second kappa shape index (κ2) is 11.1. The standard InChI is InChI=1S/C26H28N4O6/c1-2-3-14-29-23-9-5-4-8-20(23)27-21(26(29)33)11-13-25(32)36-17-24(31)28-15-6-7-18-16-19(30(34)35)10-12-22(18)28/h4-5,8-10,12,16H,2-3,6-7,11,13-15,17H2,1H3. The number of hydrogen-bond donors (Lipinski definition) is 0. The molecular weight excluding hydrogens is 464 g/mol. The molecule has 0 fully saturated rings. The van der Waals surface area contributed by atoms with Crippen LogP contribution in [0.1, 0.15) is 43.9 Å². The number of nitro groups is 1. The molecule has 2 aromatic carbocycles. The van der Waals surface area contributed by atoms with Crippen LogP contribution in [0.25, 0.3) is 11.0 Å². The second-order valence-electron chi connectivity index (χ2n) is 8.74. The van der Waals surface area contributed by atoms with Crippen molar-refractivity contribution in [1.82, 2.24) is 9.55 Å². The lowest BCUT2D eigenvalue weighted by atomic mass is 10.0. The lowest BCUT2D eigenvalue weighted by Crippen LogP contribution is -2.38. The molecule has 0 bridgehead atoms. The Hall–Kier alpha value is -4.08. The van der Waals surface area contributed by atoms with Gasteiger partial charge in [-0.05, 0) is 43.0 Å². The number of hydrogen-bond acceptors (Lipinski definition) is 7. The Kier molecular flexibility index (Phi) is 7.72. The average molecular weight is 493 g/mol. The first kappa shape index (κ1) is 25.0. The van der Waals surface area contributed by atoms with E-state index in [0.717, 1.165) is 23.9 Å². The van der Waals surface area contributed by atoms with Gasteiger partial charge in [0.2, 0.25) is 0 Å². The first-order valence-electron chi connectivity index (χ1n) is 12.1. The molecule has 10 nitrogen and oxygen atoms in total. The number of aromatic nitrogens is 2. The first-order valence-corrected chi connectivity index (χ1v) is 12.1. The summed E-state index contributed by atoms with van der Waals surface area (Å²) in [4.78, 5) is 54.7. The number of non-ortho nitro benzene ring substituents is 1. The van der Waals surface area contributed by atoms with Gasteiger partial charge in [0.05, 0.1) is 22.4 Å². The number of unbranched alkanes of at least 4 members (excludes halogenated alkanes) is 1. The van der Waals surface area contributed by atoms with Crippen molar-refractivity contribution in [2.24, 2.45) is 0 Å². The summed E-state index contributed by atoms with van der Waals surface area (Å²) >= 11 is 0. The number of benzene rings is 2. The summed E-state index contributed by atoms with van der Waals surface area (Å²) in [6.45, 7) is 2.63. The van der Waals surface area contributed by atoms with Gasteiger partial charge in [0.15, 0.2) is 6.61 Å². The Morgan fingerprint density at radius 1 is 1.19 bits per heavy atom. The predicted molar refractivity (Wildman–Crippen MR) is 134 cm³/mol. The van der Waals surface area contributed by atoms with Crippen molar-refractivity contribution in [3.05, 3.63) is 74.2 Å². The van der Waals surface area contributed by atoms with Crippen LogP contribution in [0.4, 0.5) is 11.4 Å². The lowest BCUT2D eigenvalue weighted by Gasteiger charge is -2.29. The third-order valence-electron chi connectivity index (χ3n) is 6.27. The second-order valence-corrected chi connectivity index (χ2v) is 8.74. The molecule has 0 N–H and O–H groups in total. The summed E-state index contributed by atoms with van der Waals surface area (Å²) in [6, 6.07) is 11.8. The van der Waals surface area contributed by atoms with Gasteiger partial charge in [-0.25, -0.2) is 4.98 Å². The van der Waals surface area contributed by atoms with Crippen molar-refractivity contribution < 1.29 is 19.2 Å². The molecule has 1 aliphatic rings. The number of ether oxygens (including phenoxy) is 1. The van der Waals surface area contributed by atoms with Crippen LogP contribution < -0.4 is 10.5 Å². The Bertz CT molecular complexity index is 1370. The summed E-state index contributed by atoms with van der Waals surface area (Å²) in [5.74, 6) is -0.998. The number of carbonyl (C=O) groups is 2. The lowest BCUT2D eigenvalue weighted by molar-refractivity contribution is -0.384. The van der Waals surface area contributed by atoms with Crippen molar-refractivity contribution in [3.63, 3.8) is 0 Å². The monoisotopic (exact) mass is 492 g/mol. The molecule has 10 heteroatoms. The minimum atomic E-state index is -0.598. The summed E-state index contributed by atoms with van der Waals surface area (Å²) < 4.78 is 6.91. The quantitative estimate of drug-likeness (QED) is 0.254. The summed E-state index contributed by atoms with van der Waals surface area (Å²) in [5, 5.41) is 11.0. The fourth-order valence-corrected chi connectivity index (χ4v) is 4.42. The molecule has 188 valence electrons. The molecule has 0 atom stereocenters.